The molecule has 0 bridgehead atoms. The number of aryl methyl sites for hydroxylation is 1. The fraction of sp³-hybridized carbons (Fsp3) is 0.167. The molecule has 0 saturated carbocycles. The van der Waals surface area contributed by atoms with Crippen molar-refractivity contribution in [1.29, 1.82) is 0 Å². The summed E-state index contributed by atoms with van der Waals surface area (Å²) in [7, 11) is 0. The van der Waals surface area contributed by atoms with E-state index in [1.807, 2.05) is 16.0 Å². The first kappa shape index (κ1) is 11.6. The van der Waals surface area contributed by atoms with E-state index < -0.39 is 0 Å². The molecule has 0 radical (unpaired) electrons. The standard InChI is InChI=1S/C12H10FN3S2/c1-7-2-11-10(3-9(7)13)15-12(17)16(11)4-8-5-18-6-14-8/h2-3,5-6H,4H2,1H3,(H,15,17). The number of imidazole rings is 1. The van der Waals surface area contributed by atoms with Crippen molar-refractivity contribution < 1.29 is 4.39 Å². The first-order valence-corrected chi connectivity index (χ1v) is 6.76. The average Bonchev–Trinajstić information content (AvgIpc) is 2.92. The quantitative estimate of drug-likeness (QED) is 0.726. The van der Waals surface area contributed by atoms with Gasteiger partial charge < -0.3 is 9.55 Å². The lowest BCUT2D eigenvalue weighted by atomic mass is 10.2. The zero-order valence-electron chi connectivity index (χ0n) is 9.61. The van der Waals surface area contributed by atoms with E-state index in [1.54, 1.807) is 23.8 Å². The normalized spacial score (nSPS) is 11.2. The Bertz CT molecular complexity index is 756. The molecule has 92 valence electrons. The van der Waals surface area contributed by atoms with Crippen LogP contribution in [0.4, 0.5) is 4.39 Å². The van der Waals surface area contributed by atoms with Crippen LogP contribution < -0.4 is 0 Å². The largest absolute Gasteiger partial charge is 0.330 e. The van der Waals surface area contributed by atoms with Crippen LogP contribution in [-0.4, -0.2) is 14.5 Å². The number of benzene rings is 1. The molecule has 0 aliphatic carbocycles. The topological polar surface area (TPSA) is 33.6 Å². The van der Waals surface area contributed by atoms with Gasteiger partial charge in [0.1, 0.15) is 5.82 Å². The molecule has 3 rings (SSSR count). The second kappa shape index (κ2) is 4.29. The fourth-order valence-electron chi connectivity index (χ4n) is 1.92. The SMILES string of the molecule is Cc1cc2c(cc1F)[nH]c(=S)n2Cc1cscn1. The number of H-pyrrole nitrogens is 1. The predicted octanol–water partition coefficient (Wildman–Crippen LogP) is 3.65. The van der Waals surface area contributed by atoms with Crippen LogP contribution in [0.15, 0.2) is 23.0 Å². The molecular weight excluding hydrogens is 269 g/mol. The van der Waals surface area contributed by atoms with Gasteiger partial charge >= 0.3 is 0 Å². The number of fused-ring (bicyclic) bond motifs is 1. The summed E-state index contributed by atoms with van der Waals surface area (Å²) in [6.45, 7) is 2.35. The summed E-state index contributed by atoms with van der Waals surface area (Å²) < 4.78 is 16.0. The summed E-state index contributed by atoms with van der Waals surface area (Å²) in [5.41, 5.74) is 4.99. The van der Waals surface area contributed by atoms with E-state index in [0.29, 0.717) is 16.9 Å². The molecule has 6 heteroatoms. The van der Waals surface area contributed by atoms with Gasteiger partial charge in [-0.2, -0.15) is 0 Å². The number of nitrogens with one attached hydrogen (secondary N) is 1. The summed E-state index contributed by atoms with van der Waals surface area (Å²) in [6.07, 6.45) is 0. The van der Waals surface area contributed by atoms with E-state index in [1.165, 1.54) is 6.07 Å². The Hall–Kier alpha value is -1.53. The molecular formula is C12H10FN3S2. The third kappa shape index (κ3) is 1.87. The first-order valence-electron chi connectivity index (χ1n) is 5.41. The molecule has 0 spiro atoms. The Labute approximate surface area is 112 Å². The minimum Gasteiger partial charge on any atom is -0.330 e. The summed E-state index contributed by atoms with van der Waals surface area (Å²) in [5, 5.41) is 1.98. The van der Waals surface area contributed by atoms with Crippen molar-refractivity contribution in [3.05, 3.63) is 44.9 Å². The summed E-state index contributed by atoms with van der Waals surface area (Å²) in [5.74, 6) is -0.223. The molecule has 0 unspecified atom stereocenters. The van der Waals surface area contributed by atoms with Gasteiger partial charge in [0, 0.05) is 5.38 Å². The van der Waals surface area contributed by atoms with E-state index >= 15 is 0 Å². The van der Waals surface area contributed by atoms with Crippen molar-refractivity contribution in [2.75, 3.05) is 0 Å². The van der Waals surface area contributed by atoms with Crippen LogP contribution in [0.2, 0.25) is 0 Å². The lowest BCUT2D eigenvalue weighted by molar-refractivity contribution is 0.620. The molecule has 3 aromatic rings. The molecule has 18 heavy (non-hydrogen) atoms. The number of aromatic amines is 1. The van der Waals surface area contributed by atoms with Gasteiger partial charge in [0.2, 0.25) is 0 Å². The molecule has 0 amide bonds. The zero-order chi connectivity index (χ0) is 12.7. The second-order valence-electron chi connectivity index (χ2n) is 4.11. The van der Waals surface area contributed by atoms with Crippen LogP contribution in [0.5, 0.6) is 0 Å². The van der Waals surface area contributed by atoms with Crippen LogP contribution in [0.1, 0.15) is 11.3 Å². The molecule has 0 fully saturated rings. The van der Waals surface area contributed by atoms with Crippen molar-refractivity contribution in [3.8, 4) is 0 Å². The number of aromatic nitrogens is 3. The van der Waals surface area contributed by atoms with Crippen LogP contribution in [0.25, 0.3) is 11.0 Å². The van der Waals surface area contributed by atoms with E-state index in [4.69, 9.17) is 12.2 Å². The summed E-state index contributed by atoms with van der Waals surface area (Å²) in [4.78, 5) is 7.26. The third-order valence-corrected chi connectivity index (χ3v) is 3.82. The summed E-state index contributed by atoms with van der Waals surface area (Å²) >= 11 is 6.82. The monoisotopic (exact) mass is 279 g/mol. The highest BCUT2D eigenvalue weighted by molar-refractivity contribution is 7.71. The number of thiazole rings is 1. The number of hydrogen-bond acceptors (Lipinski definition) is 3. The molecule has 0 atom stereocenters. The Morgan fingerprint density at radius 2 is 2.33 bits per heavy atom. The Kier molecular flexibility index (Phi) is 2.76. The predicted molar refractivity (Wildman–Crippen MR) is 73.0 cm³/mol. The third-order valence-electron chi connectivity index (χ3n) is 2.86. The van der Waals surface area contributed by atoms with E-state index in [9.17, 15) is 4.39 Å². The molecule has 1 N–H and O–H groups in total. The zero-order valence-corrected chi connectivity index (χ0v) is 11.2. The second-order valence-corrected chi connectivity index (χ2v) is 5.22. The van der Waals surface area contributed by atoms with Gasteiger partial charge in [0.05, 0.1) is 28.8 Å². The minimum absolute atomic E-state index is 0.223. The average molecular weight is 279 g/mol. The van der Waals surface area contributed by atoms with Gasteiger partial charge in [-0.15, -0.1) is 11.3 Å². The maximum Gasteiger partial charge on any atom is 0.178 e. The molecule has 2 heterocycles. The highest BCUT2D eigenvalue weighted by atomic mass is 32.1. The lowest BCUT2D eigenvalue weighted by Gasteiger charge is -2.03. The maximum atomic E-state index is 13.5. The van der Waals surface area contributed by atoms with E-state index in [2.05, 4.69) is 9.97 Å². The van der Waals surface area contributed by atoms with Gasteiger partial charge in [-0.3, -0.25) is 0 Å². The minimum atomic E-state index is -0.223. The summed E-state index contributed by atoms with van der Waals surface area (Å²) in [6, 6.07) is 3.29. The van der Waals surface area contributed by atoms with Crippen molar-refractivity contribution in [1.82, 2.24) is 14.5 Å². The number of halogens is 1. The van der Waals surface area contributed by atoms with Gasteiger partial charge in [-0.05, 0) is 36.8 Å². The Morgan fingerprint density at radius 3 is 3.06 bits per heavy atom. The number of rotatable bonds is 2. The van der Waals surface area contributed by atoms with Crippen LogP contribution in [0.3, 0.4) is 0 Å². The van der Waals surface area contributed by atoms with Crippen molar-refractivity contribution in [2.24, 2.45) is 0 Å². The van der Waals surface area contributed by atoms with Gasteiger partial charge in [-0.1, -0.05) is 0 Å². The number of hydrogen-bond donors (Lipinski definition) is 1. The number of nitrogens with zero attached hydrogens (tertiary/aromatic N) is 2. The van der Waals surface area contributed by atoms with Crippen LogP contribution in [-0.2, 0) is 6.54 Å². The Morgan fingerprint density at radius 1 is 1.50 bits per heavy atom. The maximum absolute atomic E-state index is 13.5. The molecule has 2 aromatic heterocycles. The lowest BCUT2D eigenvalue weighted by Crippen LogP contribution is -2.00. The molecule has 3 nitrogen and oxygen atoms in total. The highest BCUT2D eigenvalue weighted by Crippen LogP contribution is 2.20. The van der Waals surface area contributed by atoms with Crippen LogP contribution >= 0.6 is 23.6 Å². The van der Waals surface area contributed by atoms with Gasteiger partial charge in [0.15, 0.2) is 4.77 Å². The van der Waals surface area contributed by atoms with E-state index in [-0.39, 0.29) is 5.82 Å². The molecule has 0 saturated heterocycles. The highest BCUT2D eigenvalue weighted by Gasteiger charge is 2.09. The molecule has 0 aliphatic heterocycles. The van der Waals surface area contributed by atoms with Gasteiger partial charge in [0.25, 0.3) is 0 Å². The van der Waals surface area contributed by atoms with Gasteiger partial charge in [-0.25, -0.2) is 9.37 Å². The van der Waals surface area contributed by atoms with E-state index in [0.717, 1.165) is 16.7 Å². The Balaban J connectivity index is 2.19. The van der Waals surface area contributed by atoms with Crippen molar-refractivity contribution >= 4 is 34.6 Å². The van der Waals surface area contributed by atoms with Crippen LogP contribution in [0, 0.1) is 17.5 Å². The molecule has 1 aromatic carbocycles. The van der Waals surface area contributed by atoms with Crippen molar-refractivity contribution in [2.45, 2.75) is 13.5 Å². The fourth-order valence-corrected chi connectivity index (χ4v) is 2.74. The van der Waals surface area contributed by atoms with Crippen molar-refractivity contribution in [3.63, 3.8) is 0 Å². The smallest absolute Gasteiger partial charge is 0.178 e. The molecule has 0 aliphatic rings. The first-order chi connectivity index (χ1) is 8.65.